The molecule has 1 aromatic rings. The van der Waals surface area contributed by atoms with Crippen molar-refractivity contribution < 1.29 is 23.8 Å². The fourth-order valence-electron chi connectivity index (χ4n) is 2.65. The average Bonchev–Trinajstić information content (AvgIpc) is 2.91. The maximum atomic E-state index is 12.1. The monoisotopic (exact) mass is 288 g/mol. The summed E-state index contributed by atoms with van der Waals surface area (Å²) in [5, 5.41) is 0. The quantitative estimate of drug-likeness (QED) is 0.475. The zero-order chi connectivity index (χ0) is 14.9. The van der Waals surface area contributed by atoms with Crippen LogP contribution in [0.2, 0.25) is 0 Å². The SMILES string of the molecule is COc1ccc(C=C2C(=O)OC3(CCCC3)OC2=O)cc1. The van der Waals surface area contributed by atoms with E-state index < -0.39 is 17.7 Å². The van der Waals surface area contributed by atoms with E-state index in [1.54, 1.807) is 31.4 Å². The minimum atomic E-state index is -1.02. The third kappa shape index (κ3) is 2.63. The van der Waals surface area contributed by atoms with Gasteiger partial charge < -0.3 is 14.2 Å². The minimum Gasteiger partial charge on any atom is -0.497 e. The minimum absolute atomic E-state index is 0.0716. The fourth-order valence-corrected chi connectivity index (χ4v) is 2.65. The zero-order valence-corrected chi connectivity index (χ0v) is 11.8. The first-order chi connectivity index (χ1) is 10.1. The molecule has 0 amide bonds. The molecule has 0 unspecified atom stereocenters. The number of carbonyl (C=O) groups is 2. The third-order valence-corrected chi connectivity index (χ3v) is 3.79. The van der Waals surface area contributed by atoms with Crippen LogP contribution in [0.15, 0.2) is 29.8 Å². The van der Waals surface area contributed by atoms with Crippen molar-refractivity contribution in [2.45, 2.75) is 31.5 Å². The molecule has 2 aliphatic rings. The van der Waals surface area contributed by atoms with E-state index in [-0.39, 0.29) is 5.57 Å². The molecule has 1 spiro atoms. The zero-order valence-electron chi connectivity index (χ0n) is 11.8. The standard InChI is InChI=1S/C16H16O5/c1-19-12-6-4-11(5-7-12)10-13-14(17)20-16(21-15(13)18)8-2-3-9-16/h4-7,10H,2-3,8-9H2,1H3. The summed E-state index contributed by atoms with van der Waals surface area (Å²) in [6, 6.07) is 7.02. The second-order valence-corrected chi connectivity index (χ2v) is 5.23. The Hall–Kier alpha value is -2.30. The summed E-state index contributed by atoms with van der Waals surface area (Å²) >= 11 is 0. The number of ether oxygens (including phenoxy) is 3. The molecule has 5 heteroatoms. The van der Waals surface area contributed by atoms with Crippen molar-refractivity contribution in [2.75, 3.05) is 7.11 Å². The van der Waals surface area contributed by atoms with Gasteiger partial charge in [0.25, 0.3) is 5.79 Å². The number of carbonyl (C=O) groups excluding carboxylic acids is 2. The van der Waals surface area contributed by atoms with Gasteiger partial charge in [-0.2, -0.15) is 0 Å². The van der Waals surface area contributed by atoms with Crippen LogP contribution < -0.4 is 4.74 Å². The van der Waals surface area contributed by atoms with Crippen molar-refractivity contribution in [1.29, 1.82) is 0 Å². The normalized spacial score (nSPS) is 20.1. The van der Waals surface area contributed by atoms with Crippen molar-refractivity contribution in [2.24, 2.45) is 0 Å². The van der Waals surface area contributed by atoms with Crippen molar-refractivity contribution in [3.63, 3.8) is 0 Å². The number of benzene rings is 1. The summed E-state index contributed by atoms with van der Waals surface area (Å²) < 4.78 is 15.8. The number of hydrogen-bond acceptors (Lipinski definition) is 5. The fraction of sp³-hybridized carbons (Fsp3) is 0.375. The van der Waals surface area contributed by atoms with Gasteiger partial charge in [-0.05, 0) is 36.6 Å². The van der Waals surface area contributed by atoms with Crippen LogP contribution in [-0.2, 0) is 19.1 Å². The van der Waals surface area contributed by atoms with Gasteiger partial charge >= 0.3 is 11.9 Å². The van der Waals surface area contributed by atoms with Crippen molar-refractivity contribution in [1.82, 2.24) is 0 Å². The van der Waals surface area contributed by atoms with Gasteiger partial charge in [-0.15, -0.1) is 0 Å². The molecule has 110 valence electrons. The Kier molecular flexibility index (Phi) is 3.41. The molecule has 1 heterocycles. The molecule has 0 radical (unpaired) electrons. The molecule has 1 aliphatic heterocycles. The molecule has 1 aliphatic carbocycles. The first-order valence-electron chi connectivity index (χ1n) is 6.94. The first kappa shape index (κ1) is 13.7. The first-order valence-corrected chi connectivity index (χ1v) is 6.94. The van der Waals surface area contributed by atoms with Gasteiger partial charge in [0, 0.05) is 12.8 Å². The van der Waals surface area contributed by atoms with Crippen LogP contribution in [0.5, 0.6) is 5.75 Å². The summed E-state index contributed by atoms with van der Waals surface area (Å²) in [4.78, 5) is 24.2. The lowest BCUT2D eigenvalue weighted by Gasteiger charge is -2.32. The molecule has 1 saturated carbocycles. The molecule has 1 saturated heterocycles. The van der Waals surface area contributed by atoms with E-state index >= 15 is 0 Å². The van der Waals surface area contributed by atoms with Crippen LogP contribution in [0.1, 0.15) is 31.2 Å². The van der Waals surface area contributed by atoms with Crippen LogP contribution in [0.4, 0.5) is 0 Å². The maximum absolute atomic E-state index is 12.1. The Labute approximate surface area is 122 Å². The highest BCUT2D eigenvalue weighted by Crippen LogP contribution is 2.38. The van der Waals surface area contributed by atoms with E-state index in [1.807, 2.05) is 0 Å². The number of rotatable bonds is 2. The van der Waals surface area contributed by atoms with Crippen LogP contribution in [0, 0.1) is 0 Å². The summed E-state index contributed by atoms with van der Waals surface area (Å²) in [7, 11) is 1.57. The van der Waals surface area contributed by atoms with Gasteiger partial charge in [0.1, 0.15) is 11.3 Å². The van der Waals surface area contributed by atoms with E-state index in [1.165, 1.54) is 6.08 Å². The molecule has 0 atom stereocenters. The molecule has 1 aromatic carbocycles. The molecule has 0 N–H and O–H groups in total. The Balaban J connectivity index is 1.83. The van der Waals surface area contributed by atoms with Crippen LogP contribution in [-0.4, -0.2) is 24.8 Å². The molecular formula is C16H16O5. The topological polar surface area (TPSA) is 61.8 Å². The molecule has 21 heavy (non-hydrogen) atoms. The molecule has 0 bridgehead atoms. The second-order valence-electron chi connectivity index (χ2n) is 5.23. The Morgan fingerprint density at radius 3 is 2.14 bits per heavy atom. The highest BCUT2D eigenvalue weighted by molar-refractivity contribution is 6.18. The summed E-state index contributed by atoms with van der Waals surface area (Å²) in [6.07, 6.45) is 4.45. The molecule has 5 nitrogen and oxygen atoms in total. The molecule has 3 rings (SSSR count). The molecular weight excluding hydrogens is 272 g/mol. The van der Waals surface area contributed by atoms with Gasteiger partial charge in [0.05, 0.1) is 7.11 Å². The number of hydrogen-bond donors (Lipinski definition) is 0. The lowest BCUT2D eigenvalue weighted by Crippen LogP contribution is -2.44. The van der Waals surface area contributed by atoms with Crippen molar-refractivity contribution in [3.05, 3.63) is 35.4 Å². The smallest absolute Gasteiger partial charge is 0.348 e. The predicted octanol–water partition coefficient (Wildman–Crippen LogP) is 2.45. The second kappa shape index (κ2) is 5.24. The Morgan fingerprint density at radius 1 is 1.05 bits per heavy atom. The van der Waals surface area contributed by atoms with E-state index in [0.717, 1.165) is 12.8 Å². The van der Waals surface area contributed by atoms with E-state index in [0.29, 0.717) is 24.2 Å². The maximum Gasteiger partial charge on any atom is 0.348 e. The third-order valence-electron chi connectivity index (χ3n) is 3.79. The highest BCUT2D eigenvalue weighted by Gasteiger charge is 2.47. The lowest BCUT2D eigenvalue weighted by atomic mass is 10.1. The number of methoxy groups -OCH3 is 1. The van der Waals surface area contributed by atoms with Crippen LogP contribution in [0.3, 0.4) is 0 Å². The Morgan fingerprint density at radius 2 is 1.62 bits per heavy atom. The van der Waals surface area contributed by atoms with E-state index in [2.05, 4.69) is 0 Å². The lowest BCUT2D eigenvalue weighted by molar-refractivity contribution is -0.232. The van der Waals surface area contributed by atoms with Gasteiger partial charge in [-0.25, -0.2) is 9.59 Å². The predicted molar refractivity (Wildman–Crippen MR) is 74.4 cm³/mol. The van der Waals surface area contributed by atoms with Crippen molar-refractivity contribution in [3.8, 4) is 5.75 Å². The Bertz CT molecular complexity index is 572. The summed E-state index contributed by atoms with van der Waals surface area (Å²) in [5.74, 6) is -1.53. The molecule has 2 fully saturated rings. The van der Waals surface area contributed by atoms with Gasteiger partial charge in [-0.3, -0.25) is 0 Å². The molecule has 0 aromatic heterocycles. The van der Waals surface area contributed by atoms with Crippen LogP contribution in [0.25, 0.3) is 6.08 Å². The summed E-state index contributed by atoms with van der Waals surface area (Å²) in [6.45, 7) is 0. The average molecular weight is 288 g/mol. The van der Waals surface area contributed by atoms with Gasteiger partial charge in [-0.1, -0.05) is 12.1 Å². The van der Waals surface area contributed by atoms with E-state index in [9.17, 15) is 9.59 Å². The van der Waals surface area contributed by atoms with Crippen molar-refractivity contribution >= 4 is 18.0 Å². The summed E-state index contributed by atoms with van der Waals surface area (Å²) in [5.41, 5.74) is 0.639. The van der Waals surface area contributed by atoms with E-state index in [4.69, 9.17) is 14.2 Å². The van der Waals surface area contributed by atoms with Gasteiger partial charge in [0.15, 0.2) is 0 Å². The number of esters is 2. The van der Waals surface area contributed by atoms with Gasteiger partial charge in [0.2, 0.25) is 0 Å². The highest BCUT2D eigenvalue weighted by atomic mass is 16.7. The van der Waals surface area contributed by atoms with Crippen LogP contribution >= 0.6 is 0 Å². The largest absolute Gasteiger partial charge is 0.497 e.